The fourth-order valence-electron chi connectivity index (χ4n) is 1.96. The summed E-state index contributed by atoms with van der Waals surface area (Å²) in [5.74, 6) is 1.60. The molecular formula is C14H22N4O2. The number of anilines is 1. The fraction of sp³-hybridized carbons (Fsp3) is 0.571. The molecule has 2 heterocycles. The minimum Gasteiger partial charge on any atom is -0.469 e. The molecular weight excluding hydrogens is 256 g/mol. The van der Waals surface area contributed by atoms with Crippen molar-refractivity contribution >= 4 is 6.01 Å². The molecule has 0 spiro atoms. The van der Waals surface area contributed by atoms with E-state index in [1.807, 2.05) is 26.0 Å². The molecule has 0 aliphatic heterocycles. The molecule has 0 bridgehead atoms. The third-order valence-corrected chi connectivity index (χ3v) is 3.10. The zero-order valence-electron chi connectivity index (χ0n) is 12.2. The molecule has 2 unspecified atom stereocenters. The predicted molar refractivity (Wildman–Crippen MR) is 76.5 cm³/mol. The van der Waals surface area contributed by atoms with Gasteiger partial charge in [-0.3, -0.25) is 0 Å². The van der Waals surface area contributed by atoms with Crippen LogP contribution in [0.1, 0.15) is 44.9 Å². The molecule has 2 atom stereocenters. The van der Waals surface area contributed by atoms with Crippen molar-refractivity contribution in [2.75, 3.05) is 11.9 Å². The van der Waals surface area contributed by atoms with E-state index in [9.17, 15) is 0 Å². The molecule has 110 valence electrons. The van der Waals surface area contributed by atoms with Crippen LogP contribution in [0.4, 0.5) is 6.01 Å². The second-order valence-corrected chi connectivity index (χ2v) is 4.89. The van der Waals surface area contributed by atoms with Gasteiger partial charge in [0, 0.05) is 12.5 Å². The Hall–Kier alpha value is -1.82. The van der Waals surface area contributed by atoms with Crippen molar-refractivity contribution in [2.45, 2.75) is 45.7 Å². The predicted octanol–water partition coefficient (Wildman–Crippen LogP) is 2.77. The maximum absolute atomic E-state index is 5.59. The average molecular weight is 278 g/mol. The molecule has 0 saturated heterocycles. The highest BCUT2D eigenvalue weighted by Gasteiger charge is 2.14. The molecule has 2 aromatic heterocycles. The van der Waals surface area contributed by atoms with Crippen LogP contribution in [-0.2, 0) is 6.42 Å². The summed E-state index contributed by atoms with van der Waals surface area (Å²) in [6, 6.07) is 4.66. The topological polar surface area (TPSA) is 76.1 Å². The molecule has 0 radical (unpaired) electrons. The number of nitrogens with one attached hydrogen (secondary N) is 2. The molecule has 2 rings (SSSR count). The zero-order chi connectivity index (χ0) is 14.4. The summed E-state index contributed by atoms with van der Waals surface area (Å²) in [5.41, 5.74) is 0. The number of rotatable bonds is 8. The lowest BCUT2D eigenvalue weighted by molar-refractivity contribution is 0.425. The molecule has 2 N–H and O–H groups in total. The van der Waals surface area contributed by atoms with Gasteiger partial charge in [-0.05, 0) is 38.9 Å². The Kier molecular flexibility index (Phi) is 5.17. The standard InChI is InChI=1S/C14H22N4O2/c1-4-15-11(3)13-17-18-14(20-13)16-10(2)7-8-12-6-5-9-19-12/h5-6,9-11,15H,4,7-8H2,1-3H3,(H,16,18). The summed E-state index contributed by atoms with van der Waals surface area (Å²) >= 11 is 0. The average Bonchev–Trinajstić information content (AvgIpc) is 3.07. The SMILES string of the molecule is CCNC(C)c1nnc(NC(C)CCc2ccco2)o1. The third-order valence-electron chi connectivity index (χ3n) is 3.10. The first-order valence-electron chi connectivity index (χ1n) is 7.04. The normalized spacial score (nSPS) is 14.2. The summed E-state index contributed by atoms with van der Waals surface area (Å²) in [7, 11) is 0. The number of nitrogens with zero attached hydrogens (tertiary/aromatic N) is 2. The Balaban J connectivity index is 1.80. The Morgan fingerprint density at radius 2 is 2.15 bits per heavy atom. The Labute approximate surface area is 119 Å². The smallest absolute Gasteiger partial charge is 0.315 e. The van der Waals surface area contributed by atoms with Crippen molar-refractivity contribution in [1.29, 1.82) is 0 Å². The van der Waals surface area contributed by atoms with Gasteiger partial charge in [0.15, 0.2) is 0 Å². The summed E-state index contributed by atoms with van der Waals surface area (Å²) in [4.78, 5) is 0. The van der Waals surface area contributed by atoms with Crippen LogP contribution in [0.2, 0.25) is 0 Å². The molecule has 0 aliphatic carbocycles. The van der Waals surface area contributed by atoms with E-state index in [4.69, 9.17) is 8.83 Å². The maximum Gasteiger partial charge on any atom is 0.315 e. The molecule has 0 amide bonds. The quantitative estimate of drug-likeness (QED) is 0.773. The first-order chi connectivity index (χ1) is 9.69. The lowest BCUT2D eigenvalue weighted by Gasteiger charge is -2.10. The van der Waals surface area contributed by atoms with E-state index in [1.165, 1.54) is 0 Å². The Morgan fingerprint density at radius 3 is 2.85 bits per heavy atom. The fourth-order valence-corrected chi connectivity index (χ4v) is 1.96. The van der Waals surface area contributed by atoms with Crippen molar-refractivity contribution in [3.63, 3.8) is 0 Å². The van der Waals surface area contributed by atoms with Gasteiger partial charge in [-0.1, -0.05) is 12.0 Å². The lowest BCUT2D eigenvalue weighted by atomic mass is 10.1. The zero-order valence-corrected chi connectivity index (χ0v) is 12.2. The lowest BCUT2D eigenvalue weighted by Crippen LogP contribution is -2.18. The van der Waals surface area contributed by atoms with Gasteiger partial charge in [0.2, 0.25) is 5.89 Å². The second-order valence-electron chi connectivity index (χ2n) is 4.89. The third kappa shape index (κ3) is 4.09. The van der Waals surface area contributed by atoms with E-state index in [2.05, 4.69) is 27.8 Å². The highest BCUT2D eigenvalue weighted by molar-refractivity contribution is 5.19. The van der Waals surface area contributed by atoms with E-state index in [0.717, 1.165) is 25.1 Å². The van der Waals surface area contributed by atoms with Crippen LogP contribution in [0.5, 0.6) is 0 Å². The van der Waals surface area contributed by atoms with E-state index in [-0.39, 0.29) is 12.1 Å². The van der Waals surface area contributed by atoms with Crippen molar-refractivity contribution in [1.82, 2.24) is 15.5 Å². The number of hydrogen-bond acceptors (Lipinski definition) is 6. The molecule has 0 saturated carbocycles. The van der Waals surface area contributed by atoms with Gasteiger partial charge < -0.3 is 19.5 Å². The number of furan rings is 1. The maximum atomic E-state index is 5.59. The van der Waals surface area contributed by atoms with E-state index in [1.54, 1.807) is 6.26 Å². The number of aromatic nitrogens is 2. The molecule has 6 heteroatoms. The monoisotopic (exact) mass is 278 g/mol. The van der Waals surface area contributed by atoms with Crippen molar-refractivity contribution in [3.8, 4) is 0 Å². The number of hydrogen-bond donors (Lipinski definition) is 2. The van der Waals surface area contributed by atoms with Gasteiger partial charge in [0.25, 0.3) is 0 Å². The number of aryl methyl sites for hydroxylation is 1. The largest absolute Gasteiger partial charge is 0.469 e. The van der Waals surface area contributed by atoms with Gasteiger partial charge >= 0.3 is 6.01 Å². The molecule has 2 aromatic rings. The highest BCUT2D eigenvalue weighted by atomic mass is 16.4. The Bertz CT molecular complexity index is 495. The molecule has 0 aromatic carbocycles. The van der Waals surface area contributed by atoms with Gasteiger partial charge in [-0.25, -0.2) is 0 Å². The summed E-state index contributed by atoms with van der Waals surface area (Å²) in [6.45, 7) is 7.00. The minimum absolute atomic E-state index is 0.0708. The minimum atomic E-state index is 0.0708. The molecule has 0 aliphatic rings. The van der Waals surface area contributed by atoms with Gasteiger partial charge in [-0.2, -0.15) is 0 Å². The van der Waals surface area contributed by atoms with Crippen LogP contribution in [0, 0.1) is 0 Å². The summed E-state index contributed by atoms with van der Waals surface area (Å²) in [6.07, 6.45) is 3.52. The molecule has 20 heavy (non-hydrogen) atoms. The van der Waals surface area contributed by atoms with Gasteiger partial charge in [0.1, 0.15) is 5.76 Å². The Morgan fingerprint density at radius 1 is 1.30 bits per heavy atom. The van der Waals surface area contributed by atoms with E-state index >= 15 is 0 Å². The van der Waals surface area contributed by atoms with Gasteiger partial charge in [0.05, 0.1) is 12.3 Å². The van der Waals surface area contributed by atoms with Crippen LogP contribution in [0.3, 0.4) is 0 Å². The van der Waals surface area contributed by atoms with Crippen LogP contribution in [0.25, 0.3) is 0 Å². The van der Waals surface area contributed by atoms with Crippen molar-refractivity contribution < 1.29 is 8.83 Å². The van der Waals surface area contributed by atoms with Crippen LogP contribution < -0.4 is 10.6 Å². The van der Waals surface area contributed by atoms with Crippen LogP contribution in [0.15, 0.2) is 27.2 Å². The van der Waals surface area contributed by atoms with E-state index < -0.39 is 0 Å². The van der Waals surface area contributed by atoms with Gasteiger partial charge in [-0.15, -0.1) is 5.10 Å². The van der Waals surface area contributed by atoms with Crippen molar-refractivity contribution in [3.05, 3.63) is 30.0 Å². The van der Waals surface area contributed by atoms with Crippen LogP contribution in [-0.4, -0.2) is 22.8 Å². The molecule has 6 nitrogen and oxygen atoms in total. The highest BCUT2D eigenvalue weighted by Crippen LogP contribution is 2.15. The molecule has 0 fully saturated rings. The summed E-state index contributed by atoms with van der Waals surface area (Å²) in [5, 5.41) is 14.5. The van der Waals surface area contributed by atoms with E-state index in [0.29, 0.717) is 11.9 Å². The van der Waals surface area contributed by atoms with Crippen LogP contribution >= 0.6 is 0 Å². The first-order valence-corrected chi connectivity index (χ1v) is 7.04. The summed E-state index contributed by atoms with van der Waals surface area (Å²) < 4.78 is 10.9. The second kappa shape index (κ2) is 7.09. The van der Waals surface area contributed by atoms with Crippen molar-refractivity contribution in [2.24, 2.45) is 0 Å². The first kappa shape index (κ1) is 14.6.